The molecule has 1 aliphatic rings. The predicted molar refractivity (Wildman–Crippen MR) is 85.3 cm³/mol. The highest BCUT2D eigenvalue weighted by Gasteiger charge is 2.20. The highest BCUT2D eigenvalue weighted by atomic mass is 79.9. The van der Waals surface area contributed by atoms with E-state index in [1.165, 1.54) is 37.8 Å². The minimum absolute atomic E-state index is 0.757. The summed E-state index contributed by atoms with van der Waals surface area (Å²) >= 11 is 3.48. The molecule has 0 aromatic heterocycles. The summed E-state index contributed by atoms with van der Waals surface area (Å²) in [7, 11) is 4.33. The van der Waals surface area contributed by atoms with Crippen LogP contribution in [0.25, 0.3) is 0 Å². The first-order valence-corrected chi connectivity index (χ1v) is 8.07. The van der Waals surface area contributed by atoms with E-state index in [9.17, 15) is 0 Å². The Morgan fingerprint density at radius 1 is 1.16 bits per heavy atom. The van der Waals surface area contributed by atoms with Gasteiger partial charge < -0.3 is 10.2 Å². The second-order valence-electron chi connectivity index (χ2n) is 5.83. The highest BCUT2D eigenvalue weighted by molar-refractivity contribution is 9.10. The van der Waals surface area contributed by atoms with Gasteiger partial charge in [0, 0.05) is 23.6 Å². The van der Waals surface area contributed by atoms with Gasteiger partial charge >= 0.3 is 0 Å². The number of nitrogens with one attached hydrogen (secondary N) is 1. The van der Waals surface area contributed by atoms with Crippen molar-refractivity contribution in [2.45, 2.75) is 38.3 Å². The lowest BCUT2D eigenvalue weighted by Gasteiger charge is -2.31. The van der Waals surface area contributed by atoms with Gasteiger partial charge in [-0.1, -0.05) is 28.1 Å². The molecular weight excluding hydrogens is 300 g/mol. The van der Waals surface area contributed by atoms with Gasteiger partial charge in [-0.25, -0.2) is 0 Å². The normalized spacial score (nSPS) is 23.8. The molecule has 1 aromatic rings. The molecule has 0 bridgehead atoms. The second kappa shape index (κ2) is 7.41. The number of nitrogens with zero attached hydrogens (tertiary/aromatic N) is 1. The van der Waals surface area contributed by atoms with E-state index in [0.717, 1.165) is 23.0 Å². The van der Waals surface area contributed by atoms with Crippen LogP contribution in [0, 0.1) is 5.92 Å². The quantitative estimate of drug-likeness (QED) is 0.889. The van der Waals surface area contributed by atoms with E-state index in [0.29, 0.717) is 0 Å². The summed E-state index contributed by atoms with van der Waals surface area (Å²) in [5.41, 5.74) is 1.40. The summed E-state index contributed by atoms with van der Waals surface area (Å²) in [4.78, 5) is 2.47. The molecule has 0 heterocycles. The first-order chi connectivity index (χ1) is 9.17. The lowest BCUT2D eigenvalue weighted by atomic mass is 9.86. The smallest absolute Gasteiger partial charge is 0.0230 e. The van der Waals surface area contributed by atoms with Gasteiger partial charge in [0.05, 0.1) is 0 Å². The SMILES string of the molecule is CNC1CCC(CN(C)Cc2ccc(Br)cc2)CC1. The summed E-state index contributed by atoms with van der Waals surface area (Å²) < 4.78 is 1.16. The van der Waals surface area contributed by atoms with Crippen molar-refractivity contribution in [3.63, 3.8) is 0 Å². The molecule has 0 spiro atoms. The third-order valence-corrected chi connectivity index (χ3v) is 4.72. The lowest BCUT2D eigenvalue weighted by molar-refractivity contribution is 0.211. The van der Waals surface area contributed by atoms with Crippen molar-refractivity contribution < 1.29 is 0 Å². The Morgan fingerprint density at radius 3 is 2.37 bits per heavy atom. The molecule has 0 aliphatic heterocycles. The summed E-state index contributed by atoms with van der Waals surface area (Å²) in [6.45, 7) is 2.28. The Hall–Kier alpha value is -0.380. The fourth-order valence-corrected chi connectivity index (χ4v) is 3.30. The van der Waals surface area contributed by atoms with Crippen molar-refractivity contribution in [2.75, 3.05) is 20.6 Å². The highest BCUT2D eigenvalue weighted by Crippen LogP contribution is 2.25. The number of hydrogen-bond donors (Lipinski definition) is 1. The van der Waals surface area contributed by atoms with E-state index in [2.05, 4.69) is 64.5 Å². The van der Waals surface area contributed by atoms with Crippen LogP contribution in [0.3, 0.4) is 0 Å². The summed E-state index contributed by atoms with van der Waals surface area (Å²) in [5.74, 6) is 0.880. The zero-order valence-electron chi connectivity index (χ0n) is 12.0. The summed E-state index contributed by atoms with van der Waals surface area (Å²) in [6.07, 6.45) is 5.42. The molecule has 1 aromatic carbocycles. The molecule has 1 N–H and O–H groups in total. The average Bonchev–Trinajstić information content (AvgIpc) is 2.42. The fourth-order valence-electron chi connectivity index (χ4n) is 3.04. The zero-order chi connectivity index (χ0) is 13.7. The second-order valence-corrected chi connectivity index (χ2v) is 6.75. The largest absolute Gasteiger partial charge is 0.317 e. The van der Waals surface area contributed by atoms with Gasteiger partial charge in [0.15, 0.2) is 0 Å². The van der Waals surface area contributed by atoms with Gasteiger partial charge in [-0.05, 0) is 63.4 Å². The number of halogens is 1. The van der Waals surface area contributed by atoms with Crippen LogP contribution in [0.4, 0.5) is 0 Å². The van der Waals surface area contributed by atoms with Crippen LogP contribution >= 0.6 is 15.9 Å². The monoisotopic (exact) mass is 324 g/mol. The Morgan fingerprint density at radius 2 is 1.79 bits per heavy atom. The van der Waals surface area contributed by atoms with Crippen molar-refractivity contribution in [2.24, 2.45) is 5.92 Å². The molecule has 1 aliphatic carbocycles. The minimum Gasteiger partial charge on any atom is -0.317 e. The van der Waals surface area contributed by atoms with Crippen molar-refractivity contribution in [3.05, 3.63) is 34.3 Å². The molecular formula is C16H25BrN2. The van der Waals surface area contributed by atoms with Crippen LogP contribution in [0.2, 0.25) is 0 Å². The first-order valence-electron chi connectivity index (χ1n) is 7.27. The van der Waals surface area contributed by atoms with Crippen LogP contribution in [-0.2, 0) is 6.54 Å². The minimum atomic E-state index is 0.757. The van der Waals surface area contributed by atoms with E-state index in [1.54, 1.807) is 0 Å². The zero-order valence-corrected chi connectivity index (χ0v) is 13.6. The first kappa shape index (κ1) is 15.0. The number of benzene rings is 1. The molecule has 1 fully saturated rings. The molecule has 0 atom stereocenters. The van der Waals surface area contributed by atoms with Gasteiger partial charge in [-0.3, -0.25) is 0 Å². The lowest BCUT2D eigenvalue weighted by Crippen LogP contribution is -2.34. The predicted octanol–water partition coefficient (Wildman–Crippen LogP) is 3.66. The molecule has 1 saturated carbocycles. The summed E-state index contributed by atoms with van der Waals surface area (Å²) in [6, 6.07) is 9.42. The van der Waals surface area contributed by atoms with Gasteiger partial charge in [0.2, 0.25) is 0 Å². The molecule has 0 saturated heterocycles. The maximum atomic E-state index is 3.48. The van der Waals surface area contributed by atoms with Crippen molar-refractivity contribution >= 4 is 15.9 Å². The van der Waals surface area contributed by atoms with E-state index in [-0.39, 0.29) is 0 Å². The molecule has 0 radical (unpaired) electrons. The Bertz CT molecular complexity index is 369. The standard InChI is InChI=1S/C16H25BrN2/c1-18-16-9-5-14(6-10-16)12-19(2)11-13-3-7-15(17)8-4-13/h3-4,7-8,14,16,18H,5-6,9-12H2,1-2H3. The van der Waals surface area contributed by atoms with Crippen LogP contribution in [0.1, 0.15) is 31.2 Å². The molecule has 0 amide bonds. The number of rotatable bonds is 5. The molecule has 2 nitrogen and oxygen atoms in total. The van der Waals surface area contributed by atoms with Gasteiger partial charge in [-0.2, -0.15) is 0 Å². The third kappa shape index (κ3) is 4.90. The van der Waals surface area contributed by atoms with E-state index in [1.807, 2.05) is 0 Å². The Kier molecular flexibility index (Phi) is 5.86. The molecule has 2 rings (SSSR count). The third-order valence-electron chi connectivity index (χ3n) is 4.19. The fraction of sp³-hybridized carbons (Fsp3) is 0.625. The topological polar surface area (TPSA) is 15.3 Å². The van der Waals surface area contributed by atoms with Gasteiger partial charge in [0.1, 0.15) is 0 Å². The van der Waals surface area contributed by atoms with Crippen LogP contribution < -0.4 is 5.32 Å². The van der Waals surface area contributed by atoms with Crippen molar-refractivity contribution in [3.8, 4) is 0 Å². The van der Waals surface area contributed by atoms with Crippen molar-refractivity contribution in [1.82, 2.24) is 10.2 Å². The van der Waals surface area contributed by atoms with Crippen LogP contribution in [-0.4, -0.2) is 31.6 Å². The molecule has 106 valence electrons. The maximum Gasteiger partial charge on any atom is 0.0230 e. The Balaban J connectivity index is 1.75. The van der Waals surface area contributed by atoms with E-state index in [4.69, 9.17) is 0 Å². The van der Waals surface area contributed by atoms with E-state index >= 15 is 0 Å². The van der Waals surface area contributed by atoms with Gasteiger partial charge in [0.25, 0.3) is 0 Å². The molecule has 3 heteroatoms. The average molecular weight is 325 g/mol. The molecule has 0 unspecified atom stereocenters. The number of hydrogen-bond acceptors (Lipinski definition) is 2. The van der Waals surface area contributed by atoms with Crippen LogP contribution in [0.15, 0.2) is 28.7 Å². The van der Waals surface area contributed by atoms with E-state index < -0.39 is 0 Å². The van der Waals surface area contributed by atoms with Crippen molar-refractivity contribution in [1.29, 1.82) is 0 Å². The maximum absolute atomic E-state index is 3.48. The van der Waals surface area contributed by atoms with Crippen LogP contribution in [0.5, 0.6) is 0 Å². The molecule has 19 heavy (non-hydrogen) atoms. The van der Waals surface area contributed by atoms with Gasteiger partial charge in [-0.15, -0.1) is 0 Å². The summed E-state index contributed by atoms with van der Waals surface area (Å²) in [5, 5.41) is 3.40. The Labute approximate surface area is 125 Å².